The van der Waals surface area contributed by atoms with Crippen molar-refractivity contribution in [1.82, 2.24) is 16.0 Å². The fourth-order valence-electron chi connectivity index (χ4n) is 3.43. The molecule has 2 saturated carbocycles. The summed E-state index contributed by atoms with van der Waals surface area (Å²) in [5.41, 5.74) is 1.63. The molecule has 2 fully saturated rings. The van der Waals surface area contributed by atoms with Crippen molar-refractivity contribution in [3.8, 4) is 0 Å². The molecule has 2 aliphatic carbocycles. The summed E-state index contributed by atoms with van der Waals surface area (Å²) in [6, 6.07) is 7.04. The first-order valence-electron chi connectivity index (χ1n) is 9.88. The molecule has 1 aromatic carbocycles. The molecule has 0 aromatic heterocycles. The molecule has 4 amide bonds. The lowest BCUT2D eigenvalue weighted by Gasteiger charge is -2.27. The first-order chi connectivity index (χ1) is 13.4. The summed E-state index contributed by atoms with van der Waals surface area (Å²) in [5.74, 6) is -1.04. The number of carboxylic acids is 1. The molecule has 1 unspecified atom stereocenters. The first kappa shape index (κ1) is 20.0. The minimum Gasteiger partial charge on any atom is -0.481 e. The van der Waals surface area contributed by atoms with Crippen molar-refractivity contribution < 1.29 is 19.5 Å². The molecule has 0 saturated heterocycles. The van der Waals surface area contributed by atoms with Gasteiger partial charge in [0.2, 0.25) is 0 Å². The van der Waals surface area contributed by atoms with E-state index in [0.717, 1.165) is 18.4 Å². The predicted octanol–water partition coefficient (Wildman–Crippen LogP) is 2.97. The van der Waals surface area contributed by atoms with E-state index < -0.39 is 5.97 Å². The van der Waals surface area contributed by atoms with E-state index >= 15 is 0 Å². The zero-order valence-electron chi connectivity index (χ0n) is 16.0. The molecule has 8 heteroatoms. The van der Waals surface area contributed by atoms with E-state index in [0.29, 0.717) is 37.4 Å². The van der Waals surface area contributed by atoms with Crippen LogP contribution in [-0.4, -0.2) is 35.2 Å². The molecule has 0 spiro atoms. The third-order valence-corrected chi connectivity index (χ3v) is 5.34. The van der Waals surface area contributed by atoms with Gasteiger partial charge in [-0.1, -0.05) is 12.1 Å². The zero-order valence-corrected chi connectivity index (χ0v) is 16.0. The van der Waals surface area contributed by atoms with Gasteiger partial charge in [0.25, 0.3) is 0 Å². The number of amides is 4. The smallest absolute Gasteiger partial charge is 0.319 e. The van der Waals surface area contributed by atoms with E-state index in [9.17, 15) is 14.4 Å². The van der Waals surface area contributed by atoms with E-state index in [-0.39, 0.29) is 30.1 Å². The van der Waals surface area contributed by atoms with Crippen LogP contribution in [0.2, 0.25) is 0 Å². The summed E-state index contributed by atoms with van der Waals surface area (Å²) in [6.07, 6.45) is 4.64. The Balaban J connectivity index is 1.42. The minimum atomic E-state index is -0.750. The standard InChI is InChI=1S/C20H28N4O4/c1-12(21-19(27)22-16-8-4-14(5-9-16)18(25)26)13-2-6-15(7-3-13)23-20(28)24-17-10-11-17/h2-3,6-7,12,14,16-17H,4-5,8-11H2,1H3,(H,25,26)(H2,21,22,27)(H2,23,24,28). The zero-order chi connectivity index (χ0) is 20.1. The Morgan fingerprint density at radius 2 is 1.43 bits per heavy atom. The molecule has 1 aromatic rings. The SMILES string of the molecule is CC(NC(=O)NC1CCC(C(=O)O)CC1)c1ccc(NC(=O)NC2CC2)cc1. The van der Waals surface area contributed by atoms with Gasteiger partial charge in [0.05, 0.1) is 12.0 Å². The van der Waals surface area contributed by atoms with Crippen molar-refractivity contribution in [1.29, 1.82) is 0 Å². The molecular weight excluding hydrogens is 360 g/mol. The molecule has 28 heavy (non-hydrogen) atoms. The van der Waals surface area contributed by atoms with Gasteiger partial charge in [0.15, 0.2) is 0 Å². The predicted molar refractivity (Wildman–Crippen MR) is 105 cm³/mol. The number of carboxylic acid groups (broad SMARTS) is 1. The second-order valence-electron chi connectivity index (χ2n) is 7.72. The van der Waals surface area contributed by atoms with Gasteiger partial charge in [-0.2, -0.15) is 0 Å². The van der Waals surface area contributed by atoms with Gasteiger partial charge < -0.3 is 26.4 Å². The number of benzene rings is 1. The van der Waals surface area contributed by atoms with Gasteiger partial charge >= 0.3 is 18.0 Å². The maximum atomic E-state index is 12.2. The lowest BCUT2D eigenvalue weighted by atomic mass is 9.86. The number of carbonyl (C=O) groups is 3. The van der Waals surface area contributed by atoms with Crippen LogP contribution in [0.4, 0.5) is 15.3 Å². The van der Waals surface area contributed by atoms with Crippen LogP contribution < -0.4 is 21.3 Å². The van der Waals surface area contributed by atoms with Crippen LogP contribution in [0.1, 0.15) is 57.1 Å². The number of rotatable bonds is 6. The van der Waals surface area contributed by atoms with Crippen molar-refractivity contribution >= 4 is 23.7 Å². The molecule has 5 N–H and O–H groups in total. The number of anilines is 1. The largest absolute Gasteiger partial charge is 0.481 e. The van der Waals surface area contributed by atoms with Gasteiger partial charge in [-0.05, 0) is 63.1 Å². The molecule has 0 heterocycles. The maximum Gasteiger partial charge on any atom is 0.319 e. The average molecular weight is 388 g/mol. The van der Waals surface area contributed by atoms with Crippen molar-refractivity contribution in [3.63, 3.8) is 0 Å². The highest BCUT2D eigenvalue weighted by Crippen LogP contribution is 2.24. The first-order valence-corrected chi connectivity index (χ1v) is 9.88. The Bertz CT molecular complexity index is 709. The van der Waals surface area contributed by atoms with Crippen molar-refractivity contribution in [2.24, 2.45) is 5.92 Å². The summed E-state index contributed by atoms with van der Waals surface area (Å²) in [6.45, 7) is 1.89. The number of urea groups is 2. The molecule has 0 aliphatic heterocycles. The minimum absolute atomic E-state index is 0.0133. The molecule has 2 aliphatic rings. The maximum absolute atomic E-state index is 12.2. The lowest BCUT2D eigenvalue weighted by Crippen LogP contribution is -2.44. The summed E-state index contributed by atoms with van der Waals surface area (Å²) in [4.78, 5) is 35.0. The third kappa shape index (κ3) is 5.87. The fraction of sp³-hybridized carbons (Fsp3) is 0.550. The highest BCUT2D eigenvalue weighted by Gasteiger charge is 2.27. The van der Waals surface area contributed by atoms with Crippen LogP contribution in [0, 0.1) is 5.92 Å². The average Bonchev–Trinajstić information content (AvgIpc) is 3.46. The third-order valence-electron chi connectivity index (χ3n) is 5.34. The Morgan fingerprint density at radius 3 is 1.96 bits per heavy atom. The quantitative estimate of drug-likeness (QED) is 0.514. The summed E-state index contributed by atoms with van der Waals surface area (Å²) < 4.78 is 0. The Kier molecular flexibility index (Phi) is 6.38. The van der Waals surface area contributed by atoms with Gasteiger partial charge in [-0.25, -0.2) is 9.59 Å². The number of carbonyl (C=O) groups excluding carboxylic acids is 2. The van der Waals surface area contributed by atoms with E-state index in [4.69, 9.17) is 5.11 Å². The normalized spacial score (nSPS) is 22.6. The molecule has 3 rings (SSSR count). The summed E-state index contributed by atoms with van der Waals surface area (Å²) in [7, 11) is 0. The second kappa shape index (κ2) is 8.95. The van der Waals surface area contributed by atoms with Crippen LogP contribution in [0.15, 0.2) is 24.3 Å². The van der Waals surface area contributed by atoms with E-state index in [1.165, 1.54) is 0 Å². The summed E-state index contributed by atoms with van der Waals surface area (Å²) >= 11 is 0. The van der Waals surface area contributed by atoms with Gasteiger partial charge in [0, 0.05) is 17.8 Å². The van der Waals surface area contributed by atoms with Crippen molar-refractivity contribution in [3.05, 3.63) is 29.8 Å². The van der Waals surface area contributed by atoms with Gasteiger partial charge in [-0.15, -0.1) is 0 Å². The monoisotopic (exact) mass is 388 g/mol. The van der Waals surface area contributed by atoms with E-state index in [1.807, 2.05) is 31.2 Å². The van der Waals surface area contributed by atoms with Crippen LogP contribution in [0.5, 0.6) is 0 Å². The van der Waals surface area contributed by atoms with Gasteiger partial charge in [0.1, 0.15) is 0 Å². The summed E-state index contributed by atoms with van der Waals surface area (Å²) in [5, 5.41) is 20.5. The number of aliphatic carboxylic acids is 1. The molecule has 0 bridgehead atoms. The van der Waals surface area contributed by atoms with E-state index in [2.05, 4.69) is 21.3 Å². The van der Waals surface area contributed by atoms with Crippen LogP contribution in [-0.2, 0) is 4.79 Å². The van der Waals surface area contributed by atoms with Gasteiger partial charge in [-0.3, -0.25) is 4.79 Å². The number of hydrogen-bond donors (Lipinski definition) is 5. The second-order valence-corrected chi connectivity index (χ2v) is 7.72. The fourth-order valence-corrected chi connectivity index (χ4v) is 3.43. The Hall–Kier alpha value is -2.77. The Labute approximate surface area is 164 Å². The number of hydrogen-bond acceptors (Lipinski definition) is 3. The van der Waals surface area contributed by atoms with Crippen molar-refractivity contribution in [2.75, 3.05) is 5.32 Å². The van der Waals surface area contributed by atoms with Crippen LogP contribution in [0.25, 0.3) is 0 Å². The number of nitrogens with one attached hydrogen (secondary N) is 4. The molecular formula is C20H28N4O4. The molecule has 152 valence electrons. The van der Waals surface area contributed by atoms with Crippen LogP contribution >= 0.6 is 0 Å². The molecule has 1 atom stereocenters. The topological polar surface area (TPSA) is 120 Å². The van der Waals surface area contributed by atoms with Crippen molar-refractivity contribution in [2.45, 2.75) is 63.6 Å². The lowest BCUT2D eigenvalue weighted by molar-refractivity contribution is -0.142. The highest BCUT2D eigenvalue weighted by atomic mass is 16.4. The van der Waals surface area contributed by atoms with Crippen LogP contribution in [0.3, 0.4) is 0 Å². The highest BCUT2D eigenvalue weighted by molar-refractivity contribution is 5.89. The molecule has 8 nitrogen and oxygen atoms in total. The van der Waals surface area contributed by atoms with E-state index in [1.54, 1.807) is 0 Å². The Morgan fingerprint density at radius 1 is 0.893 bits per heavy atom. The molecule has 0 radical (unpaired) electrons.